The fourth-order valence-corrected chi connectivity index (χ4v) is 2.70. The molecule has 4 nitrogen and oxygen atoms in total. The lowest BCUT2D eigenvalue weighted by Gasteiger charge is -2.21. The third-order valence-corrected chi connectivity index (χ3v) is 3.59. The number of alkyl halides is 3. The van der Waals surface area contributed by atoms with Crippen molar-refractivity contribution in [1.82, 2.24) is 15.3 Å². The summed E-state index contributed by atoms with van der Waals surface area (Å²) >= 11 is 0. The molecule has 0 spiro atoms. The molecule has 1 aromatic heterocycles. The van der Waals surface area contributed by atoms with Gasteiger partial charge >= 0.3 is 6.18 Å². The van der Waals surface area contributed by atoms with E-state index in [9.17, 15) is 13.2 Å². The van der Waals surface area contributed by atoms with E-state index in [1.807, 2.05) is 0 Å². The van der Waals surface area contributed by atoms with Gasteiger partial charge in [-0.25, -0.2) is 9.97 Å². The van der Waals surface area contributed by atoms with Crippen molar-refractivity contribution in [3.05, 3.63) is 18.0 Å². The number of hydrogen-bond acceptors (Lipinski definition) is 4. The number of nitrogens with zero attached hydrogens (tertiary/aromatic N) is 2. The molecule has 3 rings (SSSR count). The molecule has 3 heterocycles. The molecule has 3 atom stereocenters. The molecule has 3 unspecified atom stereocenters. The Balaban J connectivity index is 1.67. The van der Waals surface area contributed by atoms with Gasteiger partial charge in [0.25, 0.3) is 0 Å². The van der Waals surface area contributed by atoms with E-state index in [0.29, 0.717) is 12.1 Å². The summed E-state index contributed by atoms with van der Waals surface area (Å²) in [6, 6.07) is 1.14. The van der Waals surface area contributed by atoms with Crippen LogP contribution >= 0.6 is 0 Å². The Bertz CT molecular complexity index is 431. The summed E-state index contributed by atoms with van der Waals surface area (Å²) < 4.78 is 37.0. The zero-order chi connectivity index (χ0) is 12.8. The van der Waals surface area contributed by atoms with E-state index in [2.05, 4.69) is 20.6 Å². The number of nitrogens with one attached hydrogen (secondary N) is 2. The van der Waals surface area contributed by atoms with Crippen LogP contribution in [0.5, 0.6) is 0 Å². The first-order valence-electron chi connectivity index (χ1n) is 5.94. The van der Waals surface area contributed by atoms with E-state index in [0.717, 1.165) is 25.2 Å². The second kappa shape index (κ2) is 4.08. The molecule has 2 aliphatic rings. The fraction of sp³-hybridized carbons (Fsp3) is 0.636. The van der Waals surface area contributed by atoms with Gasteiger partial charge in [-0.1, -0.05) is 0 Å². The second-order valence-electron chi connectivity index (χ2n) is 4.83. The summed E-state index contributed by atoms with van der Waals surface area (Å²) in [5.74, 6) is 0.266. The van der Waals surface area contributed by atoms with E-state index in [4.69, 9.17) is 0 Å². The molecule has 7 heteroatoms. The van der Waals surface area contributed by atoms with E-state index in [1.165, 1.54) is 6.42 Å². The van der Waals surface area contributed by atoms with Gasteiger partial charge in [-0.15, -0.1) is 0 Å². The SMILES string of the molecule is FC(F)(F)c1cnc(NC2CC3CCC2N3)nc1. The van der Waals surface area contributed by atoms with E-state index in [-0.39, 0.29) is 12.0 Å². The quantitative estimate of drug-likeness (QED) is 0.849. The van der Waals surface area contributed by atoms with E-state index < -0.39 is 11.7 Å². The highest BCUT2D eigenvalue weighted by molar-refractivity contribution is 5.29. The third kappa shape index (κ3) is 2.14. The first-order valence-corrected chi connectivity index (χ1v) is 5.94. The number of aromatic nitrogens is 2. The van der Waals surface area contributed by atoms with Crippen LogP contribution in [0, 0.1) is 0 Å². The molecule has 0 amide bonds. The smallest absolute Gasteiger partial charge is 0.350 e. The first-order chi connectivity index (χ1) is 8.52. The molecule has 18 heavy (non-hydrogen) atoms. The minimum atomic E-state index is -4.38. The Morgan fingerprint density at radius 2 is 1.94 bits per heavy atom. The summed E-state index contributed by atoms with van der Waals surface area (Å²) in [7, 11) is 0. The lowest BCUT2D eigenvalue weighted by atomic mass is 9.96. The van der Waals surface area contributed by atoms with Gasteiger partial charge in [0.2, 0.25) is 5.95 Å². The van der Waals surface area contributed by atoms with Crippen molar-refractivity contribution in [3.63, 3.8) is 0 Å². The molecular weight excluding hydrogens is 245 g/mol. The zero-order valence-electron chi connectivity index (χ0n) is 9.54. The van der Waals surface area contributed by atoms with Gasteiger partial charge in [-0.3, -0.25) is 0 Å². The molecule has 1 aromatic rings. The number of halogens is 3. The van der Waals surface area contributed by atoms with Gasteiger partial charge in [0, 0.05) is 30.5 Å². The molecule has 0 saturated carbocycles. The monoisotopic (exact) mass is 258 g/mol. The van der Waals surface area contributed by atoms with Gasteiger partial charge in [0.15, 0.2) is 0 Å². The fourth-order valence-electron chi connectivity index (χ4n) is 2.70. The van der Waals surface area contributed by atoms with Gasteiger partial charge in [-0.2, -0.15) is 13.2 Å². The highest BCUT2D eigenvalue weighted by atomic mass is 19.4. The van der Waals surface area contributed by atoms with Gasteiger partial charge in [0.05, 0.1) is 5.56 Å². The maximum Gasteiger partial charge on any atom is 0.419 e. The normalized spacial score (nSPS) is 30.7. The van der Waals surface area contributed by atoms with E-state index in [1.54, 1.807) is 0 Å². The average Bonchev–Trinajstić information content (AvgIpc) is 2.90. The van der Waals surface area contributed by atoms with Crippen LogP contribution in [0.1, 0.15) is 24.8 Å². The van der Waals surface area contributed by atoms with Gasteiger partial charge in [-0.05, 0) is 19.3 Å². The maximum absolute atomic E-state index is 12.3. The topological polar surface area (TPSA) is 49.8 Å². The maximum atomic E-state index is 12.3. The standard InChI is InChI=1S/C11H13F3N4/c12-11(13,14)6-4-15-10(16-5-6)18-9-3-7-1-2-8(9)17-7/h4-5,7-9,17H,1-3H2,(H,15,16,18). The molecule has 2 aliphatic heterocycles. The minimum absolute atomic E-state index is 0.223. The number of rotatable bonds is 2. The average molecular weight is 258 g/mol. The second-order valence-corrected chi connectivity index (χ2v) is 4.83. The molecular formula is C11H13F3N4. The summed E-state index contributed by atoms with van der Waals surface area (Å²) in [6.07, 6.45) is 0.507. The Kier molecular flexibility index (Phi) is 2.65. The Morgan fingerprint density at radius 1 is 1.22 bits per heavy atom. The molecule has 0 aliphatic carbocycles. The molecule has 2 N–H and O–H groups in total. The first kappa shape index (κ1) is 11.7. The summed E-state index contributed by atoms with van der Waals surface area (Å²) in [5.41, 5.74) is -0.820. The molecule has 2 bridgehead atoms. The van der Waals surface area contributed by atoms with Crippen LogP contribution in [-0.2, 0) is 6.18 Å². The summed E-state index contributed by atoms with van der Waals surface area (Å²) in [4.78, 5) is 7.44. The Hall–Kier alpha value is -1.37. The van der Waals surface area contributed by atoms with Gasteiger partial charge in [0.1, 0.15) is 0 Å². The summed E-state index contributed by atoms with van der Waals surface area (Å²) in [6.45, 7) is 0. The van der Waals surface area contributed by atoms with Crippen LogP contribution in [0.4, 0.5) is 19.1 Å². The molecule has 0 radical (unpaired) electrons. The van der Waals surface area contributed by atoms with Crippen molar-refractivity contribution >= 4 is 5.95 Å². The summed E-state index contributed by atoms with van der Waals surface area (Å²) in [5, 5.41) is 6.53. The van der Waals surface area contributed by atoms with Crippen molar-refractivity contribution in [2.24, 2.45) is 0 Å². The van der Waals surface area contributed by atoms with Gasteiger partial charge < -0.3 is 10.6 Å². The van der Waals surface area contributed by atoms with Crippen LogP contribution in [0.3, 0.4) is 0 Å². The minimum Gasteiger partial charge on any atom is -0.350 e. The molecule has 2 saturated heterocycles. The highest BCUT2D eigenvalue weighted by Crippen LogP contribution is 2.31. The van der Waals surface area contributed by atoms with Crippen LogP contribution in [0.25, 0.3) is 0 Å². The Morgan fingerprint density at radius 3 is 2.44 bits per heavy atom. The van der Waals surface area contributed by atoms with Crippen molar-refractivity contribution < 1.29 is 13.2 Å². The van der Waals surface area contributed by atoms with E-state index >= 15 is 0 Å². The Labute approximate surface area is 102 Å². The van der Waals surface area contributed by atoms with Crippen molar-refractivity contribution in [3.8, 4) is 0 Å². The highest BCUT2D eigenvalue weighted by Gasteiger charge is 2.39. The van der Waals surface area contributed by atoms with Crippen LogP contribution < -0.4 is 10.6 Å². The van der Waals surface area contributed by atoms with Crippen molar-refractivity contribution in [2.45, 2.75) is 43.6 Å². The molecule has 0 aromatic carbocycles. The van der Waals surface area contributed by atoms with Crippen LogP contribution in [0.15, 0.2) is 12.4 Å². The van der Waals surface area contributed by atoms with Crippen molar-refractivity contribution in [1.29, 1.82) is 0 Å². The lowest BCUT2D eigenvalue weighted by molar-refractivity contribution is -0.138. The predicted octanol–water partition coefficient (Wildman–Crippen LogP) is 1.80. The predicted molar refractivity (Wildman–Crippen MR) is 59.0 cm³/mol. The lowest BCUT2D eigenvalue weighted by Crippen LogP contribution is -2.34. The number of anilines is 1. The van der Waals surface area contributed by atoms with Crippen LogP contribution in [0.2, 0.25) is 0 Å². The number of hydrogen-bond donors (Lipinski definition) is 2. The zero-order valence-corrected chi connectivity index (χ0v) is 9.54. The van der Waals surface area contributed by atoms with Crippen LogP contribution in [-0.4, -0.2) is 28.1 Å². The molecule has 2 fully saturated rings. The van der Waals surface area contributed by atoms with Crippen molar-refractivity contribution in [2.75, 3.05) is 5.32 Å². The molecule has 98 valence electrons. The third-order valence-electron chi connectivity index (χ3n) is 3.59. The largest absolute Gasteiger partial charge is 0.419 e. The number of fused-ring (bicyclic) bond motifs is 2.